The normalized spacial score (nSPS) is 18.4. The second kappa shape index (κ2) is 11.4. The van der Waals surface area contributed by atoms with Gasteiger partial charge < -0.3 is 20.1 Å². The Hall–Kier alpha value is -2.54. The highest BCUT2D eigenvalue weighted by molar-refractivity contribution is 5.80. The van der Waals surface area contributed by atoms with Gasteiger partial charge in [0.25, 0.3) is 0 Å². The molecule has 1 aliphatic carbocycles. The smallest absolute Gasteiger partial charge is 0.225 e. The van der Waals surface area contributed by atoms with Crippen LogP contribution in [0.5, 0.6) is 0 Å². The Bertz CT molecular complexity index is 893. The van der Waals surface area contributed by atoms with Crippen LogP contribution in [0, 0.1) is 5.92 Å². The lowest BCUT2D eigenvalue weighted by atomic mass is 10.1. The van der Waals surface area contributed by atoms with Crippen molar-refractivity contribution >= 4 is 22.8 Å². The molecule has 2 aliphatic rings. The molecule has 1 aliphatic heterocycles. The summed E-state index contributed by atoms with van der Waals surface area (Å²) in [5.41, 5.74) is 1.29. The Kier molecular flexibility index (Phi) is 8.04. The third kappa shape index (κ3) is 5.82. The number of aryl methyl sites for hydroxylation is 1. The number of rotatable bonds is 8. The first-order valence-electron chi connectivity index (χ1n) is 12.2. The van der Waals surface area contributed by atoms with Crippen molar-refractivity contribution in [3.8, 4) is 0 Å². The molecule has 174 valence electrons. The lowest BCUT2D eigenvalue weighted by Gasteiger charge is -2.36. The second-order valence-electron chi connectivity index (χ2n) is 9.00. The maximum atomic E-state index is 12.6. The van der Waals surface area contributed by atoms with Crippen molar-refractivity contribution < 1.29 is 4.79 Å². The van der Waals surface area contributed by atoms with Gasteiger partial charge in [0.2, 0.25) is 5.91 Å². The summed E-state index contributed by atoms with van der Waals surface area (Å²) in [7, 11) is 1.82. The minimum Gasteiger partial charge on any atom is -0.356 e. The predicted molar refractivity (Wildman–Crippen MR) is 131 cm³/mol. The first kappa shape index (κ1) is 22.6. The Labute approximate surface area is 191 Å². The molecular weight excluding hydrogens is 400 g/mol. The SMILES string of the molecule is CN=C(NCCCn1ccc2ccccc21)NCCN1CCN(C(=O)C2CCCC2)CC1. The Morgan fingerprint density at radius 3 is 2.53 bits per heavy atom. The third-order valence-corrected chi connectivity index (χ3v) is 6.88. The van der Waals surface area contributed by atoms with Crippen LogP contribution in [0.4, 0.5) is 0 Å². The van der Waals surface area contributed by atoms with E-state index in [0.717, 1.165) is 77.6 Å². The van der Waals surface area contributed by atoms with Gasteiger partial charge in [-0.3, -0.25) is 14.7 Å². The van der Waals surface area contributed by atoms with Crippen molar-refractivity contribution in [2.45, 2.75) is 38.6 Å². The van der Waals surface area contributed by atoms with Gasteiger partial charge in [0, 0.05) is 77.0 Å². The molecule has 1 amide bonds. The molecular formula is C25H38N6O. The molecule has 1 saturated heterocycles. The number of aromatic nitrogens is 1. The number of piperazine rings is 1. The number of carbonyl (C=O) groups is 1. The van der Waals surface area contributed by atoms with E-state index in [4.69, 9.17) is 0 Å². The fraction of sp³-hybridized carbons (Fsp3) is 0.600. The molecule has 2 fully saturated rings. The standard InChI is InChI=1S/C25H38N6O/c1-26-25(27-12-6-14-30-15-11-21-7-4-5-10-23(21)30)28-13-16-29-17-19-31(20-18-29)24(32)22-8-2-3-9-22/h4-5,7,10-11,15,22H,2-3,6,8-9,12-14,16-20H2,1H3,(H2,26,27,28). The van der Waals surface area contributed by atoms with Crippen LogP contribution in [0.3, 0.4) is 0 Å². The van der Waals surface area contributed by atoms with Crippen molar-refractivity contribution in [3.05, 3.63) is 36.5 Å². The molecule has 0 atom stereocenters. The van der Waals surface area contributed by atoms with Crippen LogP contribution in [0.25, 0.3) is 10.9 Å². The van der Waals surface area contributed by atoms with Gasteiger partial charge in [-0.25, -0.2) is 0 Å². The highest BCUT2D eigenvalue weighted by Gasteiger charge is 2.29. The number of carbonyl (C=O) groups excluding carboxylic acids is 1. The van der Waals surface area contributed by atoms with E-state index in [0.29, 0.717) is 11.8 Å². The van der Waals surface area contributed by atoms with Gasteiger partial charge in [-0.2, -0.15) is 0 Å². The average Bonchev–Trinajstić information content (AvgIpc) is 3.51. The maximum absolute atomic E-state index is 12.6. The van der Waals surface area contributed by atoms with Gasteiger partial charge in [-0.1, -0.05) is 31.0 Å². The minimum atomic E-state index is 0.300. The lowest BCUT2D eigenvalue weighted by molar-refractivity contribution is -0.137. The van der Waals surface area contributed by atoms with E-state index in [9.17, 15) is 4.79 Å². The van der Waals surface area contributed by atoms with E-state index in [-0.39, 0.29) is 0 Å². The molecule has 0 unspecified atom stereocenters. The molecule has 2 heterocycles. The van der Waals surface area contributed by atoms with Gasteiger partial charge in [0.15, 0.2) is 5.96 Å². The van der Waals surface area contributed by atoms with Crippen molar-refractivity contribution in [2.24, 2.45) is 10.9 Å². The molecule has 4 rings (SSSR count). The summed E-state index contributed by atoms with van der Waals surface area (Å²) in [6.07, 6.45) is 7.84. The lowest BCUT2D eigenvalue weighted by Crippen LogP contribution is -2.51. The second-order valence-corrected chi connectivity index (χ2v) is 9.00. The number of para-hydroxylation sites is 1. The van der Waals surface area contributed by atoms with Crippen LogP contribution in [0.2, 0.25) is 0 Å². The highest BCUT2D eigenvalue weighted by Crippen LogP contribution is 2.26. The van der Waals surface area contributed by atoms with Gasteiger partial charge in [0.05, 0.1) is 0 Å². The number of hydrogen-bond acceptors (Lipinski definition) is 3. The van der Waals surface area contributed by atoms with Crippen LogP contribution >= 0.6 is 0 Å². The van der Waals surface area contributed by atoms with Gasteiger partial charge in [-0.15, -0.1) is 0 Å². The molecule has 7 heteroatoms. The highest BCUT2D eigenvalue weighted by atomic mass is 16.2. The maximum Gasteiger partial charge on any atom is 0.225 e. The number of hydrogen-bond donors (Lipinski definition) is 2. The molecule has 7 nitrogen and oxygen atoms in total. The molecule has 0 bridgehead atoms. The van der Waals surface area contributed by atoms with E-state index < -0.39 is 0 Å². The fourth-order valence-corrected chi connectivity index (χ4v) is 4.97. The van der Waals surface area contributed by atoms with E-state index >= 15 is 0 Å². The average molecular weight is 439 g/mol. The quantitative estimate of drug-likeness (QED) is 0.378. The minimum absolute atomic E-state index is 0.300. The van der Waals surface area contributed by atoms with Gasteiger partial charge >= 0.3 is 0 Å². The van der Waals surface area contributed by atoms with Crippen molar-refractivity contribution in [1.29, 1.82) is 0 Å². The number of fused-ring (bicyclic) bond motifs is 1. The number of nitrogens with zero attached hydrogens (tertiary/aromatic N) is 4. The van der Waals surface area contributed by atoms with Crippen molar-refractivity contribution in [3.63, 3.8) is 0 Å². The van der Waals surface area contributed by atoms with Crippen LogP contribution in [0.1, 0.15) is 32.1 Å². The number of aliphatic imine (C=N–C) groups is 1. The summed E-state index contributed by atoms with van der Waals surface area (Å²) >= 11 is 0. The molecule has 32 heavy (non-hydrogen) atoms. The van der Waals surface area contributed by atoms with E-state index in [1.807, 2.05) is 7.05 Å². The Balaban J connectivity index is 1.09. The summed E-state index contributed by atoms with van der Waals surface area (Å²) in [4.78, 5) is 21.5. The van der Waals surface area contributed by atoms with Crippen molar-refractivity contribution in [2.75, 3.05) is 52.9 Å². The van der Waals surface area contributed by atoms with Gasteiger partial charge in [0.1, 0.15) is 0 Å². The Morgan fingerprint density at radius 1 is 1.00 bits per heavy atom. The summed E-state index contributed by atoms with van der Waals surface area (Å²) in [6, 6.07) is 10.7. The van der Waals surface area contributed by atoms with Crippen LogP contribution < -0.4 is 10.6 Å². The molecule has 1 aromatic carbocycles. The largest absolute Gasteiger partial charge is 0.356 e. The monoisotopic (exact) mass is 438 g/mol. The van der Waals surface area contributed by atoms with Crippen molar-refractivity contribution in [1.82, 2.24) is 25.0 Å². The number of nitrogens with one attached hydrogen (secondary N) is 2. The number of amides is 1. The molecule has 2 aromatic rings. The predicted octanol–water partition coefficient (Wildman–Crippen LogP) is 2.53. The topological polar surface area (TPSA) is 64.9 Å². The van der Waals surface area contributed by atoms with E-state index in [2.05, 4.69) is 66.5 Å². The zero-order valence-corrected chi connectivity index (χ0v) is 19.4. The van der Waals surface area contributed by atoms with Crippen LogP contribution in [-0.2, 0) is 11.3 Å². The van der Waals surface area contributed by atoms with E-state index in [1.54, 1.807) is 0 Å². The molecule has 1 aromatic heterocycles. The summed E-state index contributed by atoms with van der Waals surface area (Å²) in [6.45, 7) is 7.39. The number of guanidine groups is 1. The third-order valence-electron chi connectivity index (χ3n) is 6.88. The molecule has 0 spiro atoms. The zero-order valence-electron chi connectivity index (χ0n) is 19.4. The summed E-state index contributed by atoms with van der Waals surface area (Å²) in [5.74, 6) is 1.56. The molecule has 2 N–H and O–H groups in total. The fourth-order valence-electron chi connectivity index (χ4n) is 4.97. The summed E-state index contributed by atoms with van der Waals surface area (Å²) < 4.78 is 2.31. The van der Waals surface area contributed by atoms with E-state index in [1.165, 1.54) is 23.7 Å². The van der Waals surface area contributed by atoms with Crippen LogP contribution in [0.15, 0.2) is 41.5 Å². The zero-order chi connectivity index (χ0) is 22.2. The first-order chi connectivity index (χ1) is 15.7. The van der Waals surface area contributed by atoms with Crippen LogP contribution in [-0.4, -0.2) is 79.1 Å². The van der Waals surface area contributed by atoms with Gasteiger partial charge in [-0.05, 0) is 36.8 Å². The molecule has 0 radical (unpaired) electrons. The molecule has 1 saturated carbocycles. The Morgan fingerprint density at radius 2 is 1.75 bits per heavy atom. The first-order valence-corrected chi connectivity index (χ1v) is 12.2. The number of benzene rings is 1. The summed E-state index contributed by atoms with van der Waals surface area (Å²) in [5, 5.41) is 8.15.